The maximum atomic E-state index is 13.0. The van der Waals surface area contributed by atoms with Crippen LogP contribution in [0, 0.1) is 34.5 Å². The first-order valence-corrected chi connectivity index (χ1v) is 10.5. The van der Waals surface area contributed by atoms with Crippen molar-refractivity contribution in [2.24, 2.45) is 34.5 Å². The number of carbonyl (C=O) groups is 2. The normalized spacial score (nSPS) is 39.5. The molecule has 28 heavy (non-hydrogen) atoms. The molecule has 2 fully saturated rings. The van der Waals surface area contributed by atoms with Crippen LogP contribution in [0.15, 0.2) is 48.6 Å². The van der Waals surface area contributed by atoms with Crippen molar-refractivity contribution in [1.29, 1.82) is 0 Å². The van der Waals surface area contributed by atoms with Gasteiger partial charge >= 0.3 is 0 Å². The van der Waals surface area contributed by atoms with Crippen molar-refractivity contribution in [2.75, 3.05) is 10.6 Å². The Kier molecular flexibility index (Phi) is 3.84. The van der Waals surface area contributed by atoms with Crippen LogP contribution < -0.4 is 10.6 Å². The lowest BCUT2D eigenvalue weighted by atomic mass is 9.76. The maximum absolute atomic E-state index is 13.0. The van der Waals surface area contributed by atoms with Crippen LogP contribution in [-0.4, -0.2) is 11.8 Å². The van der Waals surface area contributed by atoms with Crippen LogP contribution in [0.5, 0.6) is 0 Å². The molecule has 4 bridgehead atoms. The molecule has 1 aromatic rings. The van der Waals surface area contributed by atoms with Crippen molar-refractivity contribution in [2.45, 2.75) is 39.5 Å². The van der Waals surface area contributed by atoms with E-state index in [4.69, 9.17) is 0 Å². The standard InChI is InChI=1S/C24H28N2O2/c1-23(13-15-6-8-17(23)10-15)21(27)25-19-4-3-5-20(12-19)26-22(28)24(2)14-16-7-9-18(24)11-16/h3-9,12,15-18H,10-11,13-14H2,1-2H3,(H,25,27)(H,26,28). The molecular weight excluding hydrogens is 348 g/mol. The summed E-state index contributed by atoms with van der Waals surface area (Å²) >= 11 is 0. The predicted molar refractivity (Wildman–Crippen MR) is 111 cm³/mol. The molecule has 0 spiro atoms. The lowest BCUT2D eigenvalue weighted by molar-refractivity contribution is -0.126. The molecule has 4 aliphatic rings. The molecule has 6 unspecified atom stereocenters. The average molecular weight is 377 g/mol. The van der Waals surface area contributed by atoms with Crippen LogP contribution >= 0.6 is 0 Å². The molecule has 0 aliphatic heterocycles. The van der Waals surface area contributed by atoms with E-state index in [1.165, 1.54) is 0 Å². The molecule has 5 rings (SSSR count). The largest absolute Gasteiger partial charge is 0.326 e. The van der Waals surface area contributed by atoms with E-state index in [2.05, 4.69) is 48.8 Å². The highest BCUT2D eigenvalue weighted by Gasteiger charge is 2.51. The fourth-order valence-corrected chi connectivity index (χ4v) is 5.93. The Morgan fingerprint density at radius 3 is 1.64 bits per heavy atom. The van der Waals surface area contributed by atoms with Crippen LogP contribution in [0.1, 0.15) is 39.5 Å². The minimum absolute atomic E-state index is 0.0815. The zero-order chi connectivity index (χ0) is 19.5. The molecule has 4 aliphatic carbocycles. The summed E-state index contributed by atoms with van der Waals surface area (Å²) in [4.78, 5) is 25.9. The number of anilines is 2. The van der Waals surface area contributed by atoms with Gasteiger partial charge in [0, 0.05) is 11.4 Å². The van der Waals surface area contributed by atoms with Gasteiger partial charge in [0.2, 0.25) is 11.8 Å². The van der Waals surface area contributed by atoms with Gasteiger partial charge in [0.25, 0.3) is 0 Å². The molecule has 4 heteroatoms. The Labute approximate surface area is 166 Å². The highest BCUT2D eigenvalue weighted by molar-refractivity contribution is 5.98. The van der Waals surface area contributed by atoms with E-state index in [1.807, 2.05) is 24.3 Å². The average Bonchev–Trinajstić information content (AvgIpc) is 3.42. The molecule has 6 atom stereocenters. The van der Waals surface area contributed by atoms with Crippen molar-refractivity contribution in [3.63, 3.8) is 0 Å². The third kappa shape index (κ3) is 2.65. The van der Waals surface area contributed by atoms with Gasteiger partial charge in [-0.2, -0.15) is 0 Å². The van der Waals surface area contributed by atoms with E-state index >= 15 is 0 Å². The fraction of sp³-hybridized carbons (Fsp3) is 0.500. The van der Waals surface area contributed by atoms with Crippen molar-refractivity contribution < 1.29 is 9.59 Å². The van der Waals surface area contributed by atoms with Crippen molar-refractivity contribution in [3.05, 3.63) is 48.6 Å². The van der Waals surface area contributed by atoms with Crippen LogP contribution in [0.25, 0.3) is 0 Å². The zero-order valence-corrected chi connectivity index (χ0v) is 16.6. The van der Waals surface area contributed by atoms with Gasteiger partial charge in [-0.3, -0.25) is 9.59 Å². The molecule has 0 aromatic heterocycles. The number of hydrogen-bond donors (Lipinski definition) is 2. The fourth-order valence-electron chi connectivity index (χ4n) is 5.93. The molecule has 4 nitrogen and oxygen atoms in total. The zero-order valence-electron chi connectivity index (χ0n) is 16.6. The Morgan fingerprint density at radius 1 is 0.821 bits per heavy atom. The Hall–Kier alpha value is -2.36. The number of hydrogen-bond acceptors (Lipinski definition) is 2. The van der Waals surface area contributed by atoms with Gasteiger partial charge in [-0.1, -0.05) is 44.2 Å². The summed E-state index contributed by atoms with van der Waals surface area (Å²) < 4.78 is 0. The first-order chi connectivity index (χ1) is 13.4. The lowest BCUT2D eigenvalue weighted by Gasteiger charge is -2.30. The van der Waals surface area contributed by atoms with E-state index in [-0.39, 0.29) is 22.6 Å². The van der Waals surface area contributed by atoms with Gasteiger partial charge in [0.15, 0.2) is 0 Å². The lowest BCUT2D eigenvalue weighted by Crippen LogP contribution is -2.37. The summed E-state index contributed by atoms with van der Waals surface area (Å²) in [5.41, 5.74) is 0.825. The first-order valence-electron chi connectivity index (χ1n) is 10.5. The number of amides is 2. The molecule has 0 saturated heterocycles. The second-order valence-corrected chi connectivity index (χ2v) is 9.71. The summed E-state index contributed by atoms with van der Waals surface area (Å²) in [6.07, 6.45) is 12.9. The van der Waals surface area contributed by atoms with E-state index in [1.54, 1.807) is 0 Å². The third-order valence-electron chi connectivity index (χ3n) is 7.77. The number of allylic oxidation sites excluding steroid dienone is 4. The third-order valence-corrected chi connectivity index (χ3v) is 7.77. The first kappa shape index (κ1) is 17.7. The monoisotopic (exact) mass is 376 g/mol. The van der Waals surface area contributed by atoms with Gasteiger partial charge in [0.05, 0.1) is 10.8 Å². The van der Waals surface area contributed by atoms with E-state index in [9.17, 15) is 9.59 Å². The Bertz CT molecular complexity index is 834. The smallest absolute Gasteiger partial charge is 0.230 e. The molecule has 2 N–H and O–H groups in total. The molecule has 0 radical (unpaired) electrons. The summed E-state index contributed by atoms with van der Waals surface area (Å²) in [5.74, 6) is 1.93. The molecule has 2 amide bonds. The Balaban J connectivity index is 1.28. The van der Waals surface area contributed by atoms with Gasteiger partial charge in [-0.15, -0.1) is 0 Å². The Morgan fingerprint density at radius 2 is 1.29 bits per heavy atom. The predicted octanol–water partition coefficient (Wildman–Crippen LogP) is 4.77. The van der Waals surface area contributed by atoms with Gasteiger partial charge in [0.1, 0.15) is 0 Å². The van der Waals surface area contributed by atoms with E-state index < -0.39 is 0 Å². The number of benzene rings is 1. The quantitative estimate of drug-likeness (QED) is 0.744. The van der Waals surface area contributed by atoms with Crippen molar-refractivity contribution in [3.8, 4) is 0 Å². The molecule has 0 heterocycles. The van der Waals surface area contributed by atoms with Crippen LogP contribution in [0.3, 0.4) is 0 Å². The second-order valence-electron chi connectivity index (χ2n) is 9.71. The second kappa shape index (κ2) is 6.07. The van der Waals surface area contributed by atoms with Gasteiger partial charge in [-0.25, -0.2) is 0 Å². The summed E-state index contributed by atoms with van der Waals surface area (Å²) in [7, 11) is 0. The minimum atomic E-state index is -0.332. The summed E-state index contributed by atoms with van der Waals surface area (Å²) in [5, 5.41) is 6.19. The molecular formula is C24H28N2O2. The maximum Gasteiger partial charge on any atom is 0.230 e. The molecule has 2 saturated carbocycles. The minimum Gasteiger partial charge on any atom is -0.326 e. The topological polar surface area (TPSA) is 58.2 Å². The van der Waals surface area contributed by atoms with Gasteiger partial charge in [-0.05, 0) is 67.6 Å². The number of nitrogens with one attached hydrogen (secondary N) is 2. The van der Waals surface area contributed by atoms with E-state index in [0.717, 1.165) is 37.1 Å². The highest BCUT2D eigenvalue weighted by Crippen LogP contribution is 2.53. The van der Waals surface area contributed by atoms with Crippen LogP contribution in [-0.2, 0) is 9.59 Å². The molecule has 1 aromatic carbocycles. The highest BCUT2D eigenvalue weighted by atomic mass is 16.2. The summed E-state index contributed by atoms with van der Waals surface area (Å²) in [6.45, 7) is 4.15. The number of fused-ring (bicyclic) bond motifs is 4. The van der Waals surface area contributed by atoms with E-state index in [0.29, 0.717) is 23.7 Å². The SMILES string of the molecule is CC1(C(=O)Nc2cccc(NC(=O)C3(C)CC4C=CC3C4)c2)CC2C=CC1C2. The van der Waals surface area contributed by atoms with Crippen molar-refractivity contribution in [1.82, 2.24) is 0 Å². The van der Waals surface area contributed by atoms with Gasteiger partial charge < -0.3 is 10.6 Å². The van der Waals surface area contributed by atoms with Crippen LogP contribution in [0.2, 0.25) is 0 Å². The summed E-state index contributed by atoms with van der Waals surface area (Å²) in [6, 6.07) is 7.54. The molecule has 146 valence electrons. The number of rotatable bonds is 4. The number of carbonyl (C=O) groups excluding carboxylic acids is 2. The van der Waals surface area contributed by atoms with Crippen LogP contribution in [0.4, 0.5) is 11.4 Å². The van der Waals surface area contributed by atoms with Crippen molar-refractivity contribution >= 4 is 23.2 Å².